The second-order valence-electron chi connectivity index (χ2n) is 7.29. The lowest BCUT2D eigenvalue weighted by Crippen LogP contribution is -2.33. The molecule has 5 rings (SSSR count). The van der Waals surface area contributed by atoms with Crippen LogP contribution >= 0.6 is 0 Å². The fraction of sp³-hybridized carbons (Fsp3) is 0.318. The van der Waals surface area contributed by atoms with Crippen LogP contribution in [0, 0.1) is 6.92 Å². The summed E-state index contributed by atoms with van der Waals surface area (Å²) in [5.74, 6) is 1.58. The largest absolute Gasteiger partial charge is 0.497 e. The van der Waals surface area contributed by atoms with Gasteiger partial charge in [0.1, 0.15) is 23.8 Å². The van der Waals surface area contributed by atoms with Gasteiger partial charge in [0.15, 0.2) is 0 Å². The summed E-state index contributed by atoms with van der Waals surface area (Å²) in [7, 11) is 1.63. The Hall–Kier alpha value is -2.79. The van der Waals surface area contributed by atoms with Gasteiger partial charge in [-0.1, -0.05) is 12.1 Å². The minimum atomic E-state index is -0.317. The van der Waals surface area contributed by atoms with Crippen molar-refractivity contribution in [2.24, 2.45) is 0 Å². The molecule has 1 fully saturated rings. The Labute approximate surface area is 157 Å². The van der Waals surface area contributed by atoms with Crippen molar-refractivity contribution in [2.75, 3.05) is 13.8 Å². The highest BCUT2D eigenvalue weighted by Crippen LogP contribution is 2.38. The predicted molar refractivity (Wildman–Crippen MR) is 103 cm³/mol. The molecule has 0 bridgehead atoms. The second-order valence-corrected chi connectivity index (χ2v) is 7.29. The van der Waals surface area contributed by atoms with E-state index in [1.54, 1.807) is 7.11 Å². The summed E-state index contributed by atoms with van der Waals surface area (Å²) in [6.45, 7) is 3.35. The molecule has 1 aliphatic carbocycles. The van der Waals surface area contributed by atoms with E-state index in [1.807, 2.05) is 43.3 Å². The highest BCUT2D eigenvalue weighted by molar-refractivity contribution is 5.90. The van der Waals surface area contributed by atoms with E-state index in [0.717, 1.165) is 40.1 Å². The fourth-order valence-electron chi connectivity index (χ4n) is 3.91. The summed E-state index contributed by atoms with van der Waals surface area (Å²) in [6.07, 6.45) is 2.43. The van der Waals surface area contributed by atoms with Crippen molar-refractivity contribution in [3.05, 3.63) is 57.9 Å². The molecule has 27 heavy (non-hydrogen) atoms. The van der Waals surface area contributed by atoms with E-state index < -0.39 is 0 Å². The van der Waals surface area contributed by atoms with Crippen molar-refractivity contribution in [2.45, 2.75) is 32.4 Å². The van der Waals surface area contributed by atoms with Crippen molar-refractivity contribution < 1.29 is 13.9 Å². The van der Waals surface area contributed by atoms with Crippen molar-refractivity contribution in [1.82, 2.24) is 4.90 Å². The number of methoxy groups -OCH3 is 1. The number of hydrogen-bond acceptors (Lipinski definition) is 5. The molecule has 2 heterocycles. The number of nitrogens with zero attached hydrogens (tertiary/aromatic N) is 1. The Balaban J connectivity index is 1.66. The van der Waals surface area contributed by atoms with Crippen molar-refractivity contribution in [3.63, 3.8) is 0 Å². The van der Waals surface area contributed by atoms with Gasteiger partial charge in [-0.2, -0.15) is 0 Å². The van der Waals surface area contributed by atoms with Crippen LogP contribution in [0.1, 0.15) is 24.0 Å². The maximum absolute atomic E-state index is 12.9. The highest BCUT2D eigenvalue weighted by Gasteiger charge is 2.33. The third-order valence-electron chi connectivity index (χ3n) is 5.58. The summed E-state index contributed by atoms with van der Waals surface area (Å²) < 4.78 is 17.0. The Morgan fingerprint density at radius 3 is 2.59 bits per heavy atom. The Kier molecular flexibility index (Phi) is 3.72. The smallest absolute Gasteiger partial charge is 0.344 e. The third-order valence-corrected chi connectivity index (χ3v) is 5.58. The molecular formula is C22H21NO4. The molecule has 1 aromatic heterocycles. The molecule has 2 aromatic carbocycles. The van der Waals surface area contributed by atoms with Gasteiger partial charge in [0, 0.05) is 18.0 Å². The minimum absolute atomic E-state index is 0.317. The van der Waals surface area contributed by atoms with Gasteiger partial charge in [0.2, 0.25) is 0 Å². The summed E-state index contributed by atoms with van der Waals surface area (Å²) in [4.78, 5) is 15.2. The molecule has 0 saturated heterocycles. The Morgan fingerprint density at radius 2 is 1.89 bits per heavy atom. The summed E-state index contributed by atoms with van der Waals surface area (Å²) in [6, 6.07) is 12.1. The van der Waals surface area contributed by atoms with Crippen LogP contribution in [-0.4, -0.2) is 24.8 Å². The van der Waals surface area contributed by atoms with Gasteiger partial charge in [0.05, 0.1) is 18.2 Å². The lowest BCUT2D eigenvalue weighted by Gasteiger charge is -2.29. The van der Waals surface area contributed by atoms with Crippen LogP contribution in [0.3, 0.4) is 0 Å². The summed E-state index contributed by atoms with van der Waals surface area (Å²) in [5, 5.41) is 0.959. The maximum atomic E-state index is 12.9. The standard InChI is InChI=1S/C22H21NO4/c1-13-17-9-10-19-18(11-23(12-26-19)15-5-6-15)21(17)27-22(24)20(13)14-3-7-16(25-2)8-4-14/h3-4,7-10,15H,5-6,11-12H2,1-2H3. The molecule has 2 aliphatic rings. The fourth-order valence-corrected chi connectivity index (χ4v) is 3.91. The van der Waals surface area contributed by atoms with Crippen LogP contribution in [0.5, 0.6) is 11.5 Å². The van der Waals surface area contributed by atoms with Gasteiger partial charge in [-0.05, 0) is 55.2 Å². The van der Waals surface area contributed by atoms with Crippen molar-refractivity contribution in [1.29, 1.82) is 0 Å². The van der Waals surface area contributed by atoms with Crippen molar-refractivity contribution in [3.8, 4) is 22.6 Å². The molecular weight excluding hydrogens is 342 g/mol. The molecule has 138 valence electrons. The number of benzene rings is 2. The molecule has 0 unspecified atom stereocenters. The highest BCUT2D eigenvalue weighted by atomic mass is 16.5. The molecule has 0 spiro atoms. The number of aryl methyl sites for hydroxylation is 1. The van der Waals surface area contributed by atoms with E-state index in [-0.39, 0.29) is 5.63 Å². The van der Waals surface area contributed by atoms with Crippen molar-refractivity contribution >= 4 is 11.0 Å². The summed E-state index contributed by atoms with van der Waals surface area (Å²) >= 11 is 0. The van der Waals surface area contributed by atoms with Crippen LogP contribution in [0.4, 0.5) is 0 Å². The van der Waals surface area contributed by atoms with Gasteiger partial charge in [-0.15, -0.1) is 0 Å². The molecule has 1 aliphatic heterocycles. The predicted octanol–water partition coefficient (Wildman–Crippen LogP) is 4.09. The van der Waals surface area contributed by atoms with Gasteiger partial charge in [-0.3, -0.25) is 4.90 Å². The van der Waals surface area contributed by atoms with Crippen LogP contribution in [0.2, 0.25) is 0 Å². The topological polar surface area (TPSA) is 51.9 Å². The third kappa shape index (κ3) is 2.70. The SMILES string of the molecule is COc1ccc(-c2c(C)c3ccc4c(c3oc2=O)CN(C2CC2)CO4)cc1. The Bertz CT molecular complexity index is 1080. The van der Waals surface area contributed by atoms with E-state index >= 15 is 0 Å². The van der Waals surface area contributed by atoms with Crippen LogP contribution in [0.15, 0.2) is 45.6 Å². The number of fused-ring (bicyclic) bond motifs is 3. The quantitative estimate of drug-likeness (QED) is 0.656. The molecule has 0 amide bonds. The van der Waals surface area contributed by atoms with Crippen LogP contribution < -0.4 is 15.1 Å². The second kappa shape index (κ2) is 6.13. The van der Waals surface area contributed by atoms with Gasteiger partial charge in [0.25, 0.3) is 0 Å². The summed E-state index contributed by atoms with van der Waals surface area (Å²) in [5.41, 5.74) is 3.67. The molecule has 3 aromatic rings. The zero-order chi connectivity index (χ0) is 18.5. The zero-order valence-electron chi connectivity index (χ0n) is 15.5. The molecule has 0 atom stereocenters. The normalized spacial score (nSPS) is 16.8. The first-order valence-electron chi connectivity index (χ1n) is 9.26. The van der Waals surface area contributed by atoms with E-state index in [0.29, 0.717) is 23.9 Å². The lowest BCUT2D eigenvalue weighted by molar-refractivity contribution is 0.0885. The first-order valence-corrected chi connectivity index (χ1v) is 9.26. The van der Waals surface area contributed by atoms with Gasteiger partial charge in [-0.25, -0.2) is 4.79 Å². The van der Waals surface area contributed by atoms with Gasteiger partial charge < -0.3 is 13.9 Å². The van der Waals surface area contributed by atoms with Crippen LogP contribution in [0.25, 0.3) is 22.1 Å². The molecule has 0 N–H and O–H groups in total. The Morgan fingerprint density at radius 1 is 1.11 bits per heavy atom. The van der Waals surface area contributed by atoms with Crippen LogP contribution in [-0.2, 0) is 6.54 Å². The van der Waals surface area contributed by atoms with E-state index in [9.17, 15) is 4.79 Å². The van der Waals surface area contributed by atoms with Gasteiger partial charge >= 0.3 is 5.63 Å². The maximum Gasteiger partial charge on any atom is 0.344 e. The lowest BCUT2D eigenvalue weighted by atomic mass is 9.97. The average molecular weight is 363 g/mol. The minimum Gasteiger partial charge on any atom is -0.497 e. The molecule has 1 saturated carbocycles. The average Bonchev–Trinajstić information content (AvgIpc) is 3.53. The zero-order valence-corrected chi connectivity index (χ0v) is 15.5. The monoisotopic (exact) mass is 363 g/mol. The number of hydrogen-bond donors (Lipinski definition) is 0. The molecule has 5 nitrogen and oxygen atoms in total. The number of rotatable bonds is 3. The van der Waals surface area contributed by atoms with E-state index in [1.165, 1.54) is 12.8 Å². The first kappa shape index (κ1) is 16.4. The molecule has 5 heteroatoms. The first-order chi connectivity index (χ1) is 13.2. The van der Waals surface area contributed by atoms with E-state index in [4.69, 9.17) is 13.9 Å². The van der Waals surface area contributed by atoms with E-state index in [2.05, 4.69) is 4.90 Å². The number of ether oxygens (including phenoxy) is 2. The molecule has 0 radical (unpaired) electrons.